The molecule has 0 bridgehead atoms. The van der Waals surface area contributed by atoms with Gasteiger partial charge in [0, 0.05) is 52.4 Å². The predicted molar refractivity (Wildman–Crippen MR) is 141 cm³/mol. The molecule has 2 rings (SSSR count). The average molecular weight is 507 g/mol. The van der Waals surface area contributed by atoms with Crippen molar-refractivity contribution in [3.63, 3.8) is 0 Å². The van der Waals surface area contributed by atoms with Gasteiger partial charge in [0.15, 0.2) is 23.0 Å². The normalized spacial score (nSPS) is 10.9. The summed E-state index contributed by atoms with van der Waals surface area (Å²) in [7, 11) is 9.69. The van der Waals surface area contributed by atoms with Crippen molar-refractivity contribution in [2.24, 2.45) is 5.73 Å². The molecule has 0 amide bonds. The Hall–Kier alpha value is -2.92. The molecule has 36 heavy (non-hydrogen) atoms. The Morgan fingerprint density at radius 1 is 0.611 bits per heavy atom. The molecule has 0 fully saturated rings. The van der Waals surface area contributed by atoms with Crippen molar-refractivity contribution in [2.75, 3.05) is 81.9 Å². The number of hydrogen-bond donors (Lipinski definition) is 3. The van der Waals surface area contributed by atoms with E-state index in [4.69, 9.17) is 34.2 Å². The summed E-state index contributed by atoms with van der Waals surface area (Å²) in [4.78, 5) is 2.30. The lowest BCUT2D eigenvalue weighted by molar-refractivity contribution is 0.270. The largest absolute Gasteiger partial charge is 0.493 e. The smallest absolute Gasteiger partial charge is 0.203 e. The third kappa shape index (κ3) is 8.34. The third-order valence-electron chi connectivity index (χ3n) is 5.71. The van der Waals surface area contributed by atoms with Crippen molar-refractivity contribution >= 4 is 0 Å². The highest BCUT2D eigenvalue weighted by atomic mass is 16.5. The van der Waals surface area contributed by atoms with Gasteiger partial charge in [-0.15, -0.1) is 0 Å². The van der Waals surface area contributed by atoms with Gasteiger partial charge in [0.05, 0.1) is 42.7 Å². The number of nitrogens with two attached hydrogens (primary N) is 1. The maximum atomic E-state index is 5.86. The van der Waals surface area contributed by atoms with Crippen molar-refractivity contribution in [3.05, 3.63) is 35.4 Å². The first-order valence-corrected chi connectivity index (χ1v) is 12.0. The lowest BCUT2D eigenvalue weighted by Gasteiger charge is -2.23. The zero-order valence-electron chi connectivity index (χ0n) is 22.4. The average Bonchev–Trinajstić information content (AvgIpc) is 2.91. The van der Waals surface area contributed by atoms with Gasteiger partial charge in [-0.05, 0) is 35.4 Å². The Labute approximate surface area is 214 Å². The van der Waals surface area contributed by atoms with Crippen molar-refractivity contribution in [2.45, 2.75) is 13.1 Å². The van der Waals surface area contributed by atoms with Crippen molar-refractivity contribution in [1.82, 2.24) is 15.5 Å². The maximum absolute atomic E-state index is 5.86. The van der Waals surface area contributed by atoms with Crippen molar-refractivity contribution in [1.29, 1.82) is 0 Å². The molecule has 0 saturated heterocycles. The Kier molecular flexibility index (Phi) is 13.0. The summed E-state index contributed by atoms with van der Waals surface area (Å²) in [6.45, 7) is 6.16. The van der Waals surface area contributed by atoms with Crippen LogP contribution in [0.1, 0.15) is 11.1 Å². The lowest BCUT2D eigenvalue weighted by Crippen LogP contribution is -2.37. The molecule has 0 heterocycles. The molecular formula is C26H42N4O6. The van der Waals surface area contributed by atoms with Crippen LogP contribution < -0.4 is 44.8 Å². The molecule has 0 atom stereocenters. The Morgan fingerprint density at radius 3 is 1.53 bits per heavy atom. The predicted octanol–water partition coefficient (Wildman–Crippen LogP) is 1.88. The molecule has 0 saturated carbocycles. The maximum Gasteiger partial charge on any atom is 0.203 e. The summed E-state index contributed by atoms with van der Waals surface area (Å²) in [5.41, 5.74) is 7.99. The van der Waals surface area contributed by atoms with E-state index in [1.807, 2.05) is 24.3 Å². The summed E-state index contributed by atoms with van der Waals surface area (Å²) >= 11 is 0. The fourth-order valence-electron chi connectivity index (χ4n) is 3.95. The van der Waals surface area contributed by atoms with Crippen LogP contribution in [-0.2, 0) is 13.1 Å². The first-order valence-electron chi connectivity index (χ1n) is 12.0. The highest BCUT2D eigenvalue weighted by Gasteiger charge is 2.15. The van der Waals surface area contributed by atoms with Gasteiger partial charge in [-0.25, -0.2) is 0 Å². The van der Waals surface area contributed by atoms with E-state index in [0.717, 1.165) is 50.4 Å². The molecule has 0 radical (unpaired) electrons. The van der Waals surface area contributed by atoms with E-state index >= 15 is 0 Å². The highest BCUT2D eigenvalue weighted by Crippen LogP contribution is 2.39. The minimum Gasteiger partial charge on any atom is -0.493 e. The quantitative estimate of drug-likeness (QED) is 0.259. The van der Waals surface area contributed by atoms with Gasteiger partial charge in [0.25, 0.3) is 0 Å². The van der Waals surface area contributed by atoms with Crippen LogP contribution in [0, 0.1) is 0 Å². The minimum absolute atomic E-state index is 0.584. The second-order valence-corrected chi connectivity index (χ2v) is 8.06. The van der Waals surface area contributed by atoms with E-state index < -0.39 is 0 Å². The molecule has 202 valence electrons. The van der Waals surface area contributed by atoms with Crippen LogP contribution in [0.3, 0.4) is 0 Å². The molecule has 10 heteroatoms. The molecular weight excluding hydrogens is 464 g/mol. The lowest BCUT2D eigenvalue weighted by atomic mass is 10.1. The number of methoxy groups -OCH3 is 6. The van der Waals surface area contributed by atoms with Gasteiger partial charge in [-0.1, -0.05) is 0 Å². The summed E-state index contributed by atoms with van der Waals surface area (Å²) in [5.74, 6) is 3.79. The van der Waals surface area contributed by atoms with E-state index in [1.165, 1.54) is 0 Å². The SMILES string of the molecule is COc1cc(CNCCNCCN(CCN)Cc2cc(OC)c(OC)c(OC)c2)cc(OC)c1OC. The topological polar surface area (TPSA) is 109 Å². The fraction of sp³-hybridized carbons (Fsp3) is 0.538. The molecule has 0 aliphatic rings. The second kappa shape index (κ2) is 15.9. The van der Waals surface area contributed by atoms with Crippen molar-refractivity contribution in [3.8, 4) is 34.5 Å². The zero-order chi connectivity index (χ0) is 26.3. The summed E-state index contributed by atoms with van der Waals surface area (Å²) < 4.78 is 32.6. The van der Waals surface area contributed by atoms with Gasteiger partial charge in [-0.2, -0.15) is 0 Å². The molecule has 0 aromatic heterocycles. The molecule has 0 aliphatic carbocycles. The molecule has 0 aliphatic heterocycles. The summed E-state index contributed by atoms with van der Waals surface area (Å²) in [6.07, 6.45) is 0. The standard InChI is InChI=1S/C26H42N4O6/c1-31-21-13-19(14-22(32-2)25(21)35-5)17-29-9-8-28-10-12-30(11-7-27)18-20-15-23(33-3)26(36-6)24(16-20)34-4/h13-16,28-29H,7-12,17-18,27H2,1-6H3. The van der Waals surface area contributed by atoms with Crippen LogP contribution in [0.25, 0.3) is 0 Å². The summed E-state index contributed by atoms with van der Waals surface area (Å²) in [6, 6.07) is 7.86. The number of nitrogens with one attached hydrogen (secondary N) is 2. The van der Waals surface area contributed by atoms with Crippen LogP contribution >= 0.6 is 0 Å². The number of hydrogen-bond acceptors (Lipinski definition) is 10. The molecule has 2 aromatic carbocycles. The van der Waals surface area contributed by atoms with Gasteiger partial charge in [-0.3, -0.25) is 4.90 Å². The Bertz CT molecular complexity index is 877. The van der Waals surface area contributed by atoms with Gasteiger partial charge >= 0.3 is 0 Å². The van der Waals surface area contributed by atoms with Crippen LogP contribution in [0.2, 0.25) is 0 Å². The summed E-state index contributed by atoms with van der Waals surface area (Å²) in [5, 5.41) is 6.93. The monoisotopic (exact) mass is 506 g/mol. The number of rotatable bonds is 18. The first kappa shape index (κ1) is 29.3. The number of ether oxygens (including phenoxy) is 6. The van der Waals surface area contributed by atoms with E-state index in [-0.39, 0.29) is 0 Å². The van der Waals surface area contributed by atoms with E-state index in [0.29, 0.717) is 47.6 Å². The first-order chi connectivity index (χ1) is 17.5. The highest BCUT2D eigenvalue weighted by molar-refractivity contribution is 5.54. The van der Waals surface area contributed by atoms with Crippen molar-refractivity contribution < 1.29 is 28.4 Å². The van der Waals surface area contributed by atoms with Crippen LogP contribution in [0.5, 0.6) is 34.5 Å². The van der Waals surface area contributed by atoms with Crippen LogP contribution in [0.15, 0.2) is 24.3 Å². The van der Waals surface area contributed by atoms with Crippen LogP contribution in [-0.4, -0.2) is 86.8 Å². The van der Waals surface area contributed by atoms with Gasteiger partial charge < -0.3 is 44.8 Å². The fourth-order valence-corrected chi connectivity index (χ4v) is 3.95. The van der Waals surface area contributed by atoms with E-state index in [1.54, 1.807) is 42.7 Å². The molecule has 2 aromatic rings. The number of benzene rings is 2. The van der Waals surface area contributed by atoms with E-state index in [2.05, 4.69) is 15.5 Å². The molecule has 4 N–H and O–H groups in total. The molecule has 0 spiro atoms. The Morgan fingerprint density at radius 2 is 1.08 bits per heavy atom. The van der Waals surface area contributed by atoms with Crippen LogP contribution in [0.4, 0.5) is 0 Å². The molecule has 0 unspecified atom stereocenters. The number of nitrogens with zero attached hydrogens (tertiary/aromatic N) is 1. The Balaban J connectivity index is 1.81. The van der Waals surface area contributed by atoms with Gasteiger partial charge in [0.2, 0.25) is 11.5 Å². The second-order valence-electron chi connectivity index (χ2n) is 8.06. The zero-order valence-corrected chi connectivity index (χ0v) is 22.4. The third-order valence-corrected chi connectivity index (χ3v) is 5.71. The van der Waals surface area contributed by atoms with E-state index in [9.17, 15) is 0 Å². The van der Waals surface area contributed by atoms with Gasteiger partial charge in [0.1, 0.15) is 0 Å². The molecule has 10 nitrogen and oxygen atoms in total. The minimum atomic E-state index is 0.584.